The largest absolute Gasteiger partial charge is 0.452 e. The lowest BCUT2D eigenvalue weighted by molar-refractivity contribution is -0.119. The van der Waals surface area contributed by atoms with Gasteiger partial charge in [0, 0.05) is 5.69 Å². The summed E-state index contributed by atoms with van der Waals surface area (Å²) in [6.07, 6.45) is 0.820. The van der Waals surface area contributed by atoms with Gasteiger partial charge in [0.1, 0.15) is 0 Å². The highest BCUT2D eigenvalue weighted by Gasteiger charge is 2.12. The van der Waals surface area contributed by atoms with E-state index in [0.717, 1.165) is 28.8 Å². The predicted molar refractivity (Wildman–Crippen MR) is 90.6 cm³/mol. The molecule has 0 aliphatic heterocycles. The first-order valence-electron chi connectivity index (χ1n) is 7.63. The Hall–Kier alpha value is -2.62. The van der Waals surface area contributed by atoms with Crippen molar-refractivity contribution in [2.45, 2.75) is 27.2 Å². The molecule has 0 aliphatic carbocycles. The van der Waals surface area contributed by atoms with Crippen molar-refractivity contribution >= 4 is 17.6 Å². The van der Waals surface area contributed by atoms with Crippen LogP contribution < -0.4 is 5.32 Å². The molecule has 1 amide bonds. The maximum atomic E-state index is 12.0. The van der Waals surface area contributed by atoms with Crippen LogP contribution in [0.5, 0.6) is 0 Å². The normalized spacial score (nSPS) is 10.2. The van der Waals surface area contributed by atoms with Gasteiger partial charge < -0.3 is 10.1 Å². The van der Waals surface area contributed by atoms with Crippen LogP contribution in [0, 0.1) is 13.8 Å². The van der Waals surface area contributed by atoms with Crippen LogP contribution in [-0.2, 0) is 16.0 Å². The Kier molecular flexibility index (Phi) is 5.52. The minimum absolute atomic E-state index is 0.301. The maximum Gasteiger partial charge on any atom is 0.338 e. The van der Waals surface area contributed by atoms with Crippen LogP contribution in [-0.4, -0.2) is 18.5 Å². The summed E-state index contributed by atoms with van der Waals surface area (Å²) in [5.74, 6) is -0.838. The highest BCUT2D eigenvalue weighted by atomic mass is 16.5. The molecule has 1 N–H and O–H groups in total. The number of nitrogens with one attached hydrogen (secondary N) is 1. The van der Waals surface area contributed by atoms with Crippen molar-refractivity contribution < 1.29 is 14.3 Å². The zero-order chi connectivity index (χ0) is 16.8. The van der Waals surface area contributed by atoms with Crippen molar-refractivity contribution in [3.63, 3.8) is 0 Å². The van der Waals surface area contributed by atoms with Gasteiger partial charge in [-0.25, -0.2) is 4.79 Å². The molecule has 23 heavy (non-hydrogen) atoms. The molecule has 0 unspecified atom stereocenters. The van der Waals surface area contributed by atoms with Crippen LogP contribution in [0.25, 0.3) is 0 Å². The number of para-hydroxylation sites is 1. The van der Waals surface area contributed by atoms with Crippen LogP contribution in [0.1, 0.15) is 34.0 Å². The van der Waals surface area contributed by atoms with Gasteiger partial charge in [0.25, 0.3) is 5.91 Å². The van der Waals surface area contributed by atoms with Gasteiger partial charge in [0.2, 0.25) is 0 Å². The molecule has 2 aromatic carbocycles. The minimum Gasteiger partial charge on any atom is -0.452 e. The first kappa shape index (κ1) is 16.7. The highest BCUT2D eigenvalue weighted by Crippen LogP contribution is 2.20. The molecule has 2 aromatic rings. The van der Waals surface area contributed by atoms with Crippen molar-refractivity contribution in [3.8, 4) is 0 Å². The standard InChI is InChI=1S/C19H21NO3/c1-4-15-7-5-6-14(3)18(15)20-17(21)12-23-19(22)16-10-8-13(2)9-11-16/h5-11H,4,12H2,1-3H3,(H,20,21). The Morgan fingerprint density at radius 3 is 2.39 bits per heavy atom. The third-order valence-corrected chi connectivity index (χ3v) is 3.63. The van der Waals surface area contributed by atoms with Crippen molar-refractivity contribution in [1.29, 1.82) is 0 Å². The monoisotopic (exact) mass is 311 g/mol. The van der Waals surface area contributed by atoms with Gasteiger partial charge >= 0.3 is 5.97 Å². The Morgan fingerprint density at radius 1 is 1.04 bits per heavy atom. The molecule has 0 heterocycles. The second-order valence-electron chi connectivity index (χ2n) is 5.45. The first-order valence-corrected chi connectivity index (χ1v) is 7.63. The summed E-state index contributed by atoms with van der Waals surface area (Å²) in [7, 11) is 0. The molecule has 0 aromatic heterocycles. The van der Waals surface area contributed by atoms with Crippen LogP contribution in [0.15, 0.2) is 42.5 Å². The molecule has 0 spiro atoms. The van der Waals surface area contributed by atoms with Gasteiger partial charge in [-0.1, -0.05) is 42.8 Å². The second-order valence-corrected chi connectivity index (χ2v) is 5.45. The van der Waals surface area contributed by atoms with Gasteiger partial charge in [-0.05, 0) is 43.5 Å². The minimum atomic E-state index is -0.499. The summed E-state index contributed by atoms with van der Waals surface area (Å²) in [4.78, 5) is 23.9. The highest BCUT2D eigenvalue weighted by molar-refractivity contribution is 5.96. The summed E-state index contributed by atoms with van der Waals surface area (Å²) in [6.45, 7) is 5.61. The molecule has 4 heteroatoms. The lowest BCUT2D eigenvalue weighted by Crippen LogP contribution is -2.22. The van der Waals surface area contributed by atoms with Gasteiger partial charge in [-0.15, -0.1) is 0 Å². The number of hydrogen-bond acceptors (Lipinski definition) is 3. The molecule has 0 atom stereocenters. The molecule has 4 nitrogen and oxygen atoms in total. The van der Waals surface area contributed by atoms with Crippen LogP contribution >= 0.6 is 0 Å². The number of hydrogen-bond donors (Lipinski definition) is 1. The fourth-order valence-electron chi connectivity index (χ4n) is 2.28. The number of amides is 1. The number of benzene rings is 2. The van der Waals surface area contributed by atoms with Crippen LogP contribution in [0.4, 0.5) is 5.69 Å². The molecule has 0 saturated heterocycles. The number of aryl methyl sites for hydroxylation is 3. The van der Waals surface area contributed by atoms with Crippen molar-refractivity contribution in [2.75, 3.05) is 11.9 Å². The third kappa shape index (κ3) is 4.42. The topological polar surface area (TPSA) is 55.4 Å². The fourth-order valence-corrected chi connectivity index (χ4v) is 2.28. The van der Waals surface area contributed by atoms with Crippen molar-refractivity contribution in [2.24, 2.45) is 0 Å². The number of rotatable bonds is 5. The fraction of sp³-hybridized carbons (Fsp3) is 0.263. The predicted octanol–water partition coefficient (Wildman–Crippen LogP) is 3.66. The van der Waals surface area contributed by atoms with E-state index in [0.29, 0.717) is 5.56 Å². The van der Waals surface area contributed by atoms with E-state index in [1.807, 2.05) is 51.1 Å². The van der Waals surface area contributed by atoms with E-state index >= 15 is 0 Å². The second kappa shape index (κ2) is 7.58. The number of anilines is 1. The van der Waals surface area contributed by atoms with E-state index in [4.69, 9.17) is 4.74 Å². The summed E-state index contributed by atoms with van der Waals surface area (Å²) >= 11 is 0. The molecule has 0 fully saturated rings. The molecule has 0 saturated carbocycles. The van der Waals surface area contributed by atoms with Gasteiger partial charge in [0.05, 0.1) is 5.56 Å². The van der Waals surface area contributed by atoms with E-state index in [9.17, 15) is 9.59 Å². The van der Waals surface area contributed by atoms with E-state index in [1.165, 1.54) is 0 Å². The smallest absolute Gasteiger partial charge is 0.338 e. The first-order chi connectivity index (χ1) is 11.0. The molecule has 2 rings (SSSR count). The Morgan fingerprint density at radius 2 is 1.74 bits per heavy atom. The molecular weight excluding hydrogens is 290 g/mol. The summed E-state index contributed by atoms with van der Waals surface area (Å²) in [6, 6.07) is 12.9. The lowest BCUT2D eigenvalue weighted by atomic mass is 10.1. The third-order valence-electron chi connectivity index (χ3n) is 3.63. The van der Waals surface area contributed by atoms with Gasteiger partial charge in [-0.2, -0.15) is 0 Å². The number of esters is 1. The van der Waals surface area contributed by atoms with Crippen LogP contribution in [0.3, 0.4) is 0 Å². The summed E-state index contributed by atoms with van der Waals surface area (Å²) in [5, 5.41) is 2.83. The average Bonchev–Trinajstić information content (AvgIpc) is 2.55. The van der Waals surface area contributed by atoms with E-state index in [1.54, 1.807) is 12.1 Å². The lowest BCUT2D eigenvalue weighted by Gasteiger charge is -2.13. The SMILES string of the molecule is CCc1cccc(C)c1NC(=O)COC(=O)c1ccc(C)cc1. The maximum absolute atomic E-state index is 12.0. The van der Waals surface area contributed by atoms with E-state index in [2.05, 4.69) is 5.32 Å². The van der Waals surface area contributed by atoms with Crippen molar-refractivity contribution in [3.05, 3.63) is 64.7 Å². The molecule has 0 bridgehead atoms. The van der Waals surface area contributed by atoms with E-state index < -0.39 is 5.97 Å². The van der Waals surface area contributed by atoms with Crippen molar-refractivity contribution in [1.82, 2.24) is 0 Å². The quantitative estimate of drug-likeness (QED) is 0.857. The molecule has 0 aliphatic rings. The Bertz CT molecular complexity index is 705. The average molecular weight is 311 g/mol. The van der Waals surface area contributed by atoms with E-state index in [-0.39, 0.29) is 12.5 Å². The number of carbonyl (C=O) groups excluding carboxylic acids is 2. The van der Waals surface area contributed by atoms with Gasteiger partial charge in [-0.3, -0.25) is 4.79 Å². The Balaban J connectivity index is 1.95. The summed E-state index contributed by atoms with van der Waals surface area (Å²) < 4.78 is 5.06. The molecule has 120 valence electrons. The zero-order valence-electron chi connectivity index (χ0n) is 13.7. The van der Waals surface area contributed by atoms with Crippen LogP contribution in [0.2, 0.25) is 0 Å². The summed E-state index contributed by atoms with van der Waals surface area (Å²) in [5.41, 5.74) is 4.34. The zero-order valence-corrected chi connectivity index (χ0v) is 13.7. The molecular formula is C19H21NO3. The number of ether oxygens (including phenoxy) is 1. The molecule has 0 radical (unpaired) electrons. The van der Waals surface area contributed by atoms with Gasteiger partial charge in [0.15, 0.2) is 6.61 Å². The number of carbonyl (C=O) groups is 2. The Labute approximate surface area is 136 Å².